The Morgan fingerprint density at radius 3 is 0.620 bits per heavy atom. The van der Waals surface area contributed by atoms with Crippen molar-refractivity contribution in [3.05, 3.63) is 219 Å². The van der Waals surface area contributed by atoms with Crippen LogP contribution in [-0.4, -0.2) is 9.97 Å². The van der Waals surface area contributed by atoms with Crippen molar-refractivity contribution in [2.75, 3.05) is 0 Å². The van der Waals surface area contributed by atoms with Crippen molar-refractivity contribution in [2.45, 2.75) is 0 Å². The molecule has 50 heavy (non-hydrogen) atoms. The van der Waals surface area contributed by atoms with E-state index in [1.54, 1.807) is 0 Å². The molecule has 0 aliphatic heterocycles. The quantitative estimate of drug-likeness (QED) is 0.149. The minimum absolute atomic E-state index is 0.857. The van der Waals surface area contributed by atoms with E-state index in [0.29, 0.717) is 0 Å². The predicted octanol–water partition coefficient (Wildman–Crippen LogP) is 7.38. The summed E-state index contributed by atoms with van der Waals surface area (Å²) in [6.07, 6.45) is 4.17. The molecule has 0 fully saturated rings. The van der Waals surface area contributed by atoms with E-state index in [2.05, 4.69) is 219 Å². The van der Waals surface area contributed by atoms with Gasteiger partial charge in [-0.1, -0.05) is 109 Å². The number of pyridine rings is 2. The molecule has 0 atom stereocenters. The van der Waals surface area contributed by atoms with E-state index in [1.165, 1.54) is 42.4 Å². The zero-order valence-electron chi connectivity index (χ0n) is 27.6. The number of rotatable bonds is 9. The Kier molecular flexibility index (Phi) is 8.98. The van der Waals surface area contributed by atoms with Crippen LogP contribution in [0.5, 0.6) is 0 Å². The second-order valence-corrected chi connectivity index (χ2v) is 19.0. The highest BCUT2D eigenvalue weighted by Crippen LogP contribution is 2.55. The molecule has 0 bridgehead atoms. The van der Waals surface area contributed by atoms with E-state index in [-0.39, 0.29) is 0 Å². The van der Waals surface area contributed by atoms with E-state index >= 15 is 0 Å². The molecule has 0 unspecified atom stereocenters. The van der Waals surface area contributed by atoms with Gasteiger partial charge in [-0.3, -0.25) is 9.97 Å². The average Bonchev–Trinajstić information content (AvgIpc) is 3.22. The van der Waals surface area contributed by atoms with Crippen LogP contribution in [0, 0.1) is 0 Å². The maximum Gasteiger partial charge on any atom is 0.145 e. The molecular formula is C46H36N2P2+2. The Balaban J connectivity index is 1.25. The molecule has 2 aromatic heterocycles. The van der Waals surface area contributed by atoms with Crippen LogP contribution in [0.3, 0.4) is 0 Å². The summed E-state index contributed by atoms with van der Waals surface area (Å²) in [7, 11) is -4.46. The van der Waals surface area contributed by atoms with Crippen molar-refractivity contribution in [1.29, 1.82) is 0 Å². The molecule has 2 heterocycles. The molecule has 0 aliphatic rings. The van der Waals surface area contributed by atoms with Gasteiger partial charge in [0.15, 0.2) is 0 Å². The first-order valence-corrected chi connectivity index (χ1v) is 20.4. The van der Waals surface area contributed by atoms with Crippen LogP contribution in [0.2, 0.25) is 0 Å². The van der Waals surface area contributed by atoms with Gasteiger partial charge in [-0.2, -0.15) is 0 Å². The fourth-order valence-electron chi connectivity index (χ4n) is 7.17. The van der Waals surface area contributed by atoms with Crippen LogP contribution in [-0.2, 0) is 0 Å². The van der Waals surface area contributed by atoms with Crippen LogP contribution >= 0.6 is 14.5 Å². The highest BCUT2D eigenvalue weighted by Gasteiger charge is 2.49. The van der Waals surface area contributed by atoms with Crippen molar-refractivity contribution in [3.8, 4) is 11.4 Å². The van der Waals surface area contributed by atoms with Gasteiger partial charge in [0.2, 0.25) is 0 Å². The maximum atomic E-state index is 5.13. The monoisotopic (exact) mass is 678 g/mol. The van der Waals surface area contributed by atoms with E-state index in [1.807, 2.05) is 0 Å². The molecule has 8 rings (SSSR count). The minimum atomic E-state index is -2.23. The molecule has 0 aliphatic carbocycles. The van der Waals surface area contributed by atoms with Crippen LogP contribution in [0.25, 0.3) is 11.4 Å². The summed E-state index contributed by atoms with van der Waals surface area (Å²) in [6, 6.07) is 74.3. The first-order chi connectivity index (χ1) is 24.8. The van der Waals surface area contributed by atoms with Gasteiger partial charge in [0.25, 0.3) is 0 Å². The number of hydrogen-bond donors (Lipinski definition) is 0. The van der Waals surface area contributed by atoms with Crippen LogP contribution in [0.4, 0.5) is 0 Å². The van der Waals surface area contributed by atoms with Gasteiger partial charge < -0.3 is 0 Å². The van der Waals surface area contributed by atoms with Crippen LogP contribution in [0.15, 0.2) is 219 Å². The van der Waals surface area contributed by atoms with Crippen molar-refractivity contribution in [3.63, 3.8) is 0 Å². The summed E-state index contributed by atoms with van der Waals surface area (Å²) in [5.41, 5.74) is 1.71. The smallest absolute Gasteiger partial charge is 0.145 e. The van der Waals surface area contributed by atoms with Crippen LogP contribution in [0.1, 0.15) is 0 Å². The van der Waals surface area contributed by atoms with Gasteiger partial charge in [-0.25, -0.2) is 0 Å². The molecule has 0 N–H and O–H groups in total. The lowest BCUT2D eigenvalue weighted by Crippen LogP contribution is -2.39. The normalized spacial score (nSPS) is 11.6. The largest absolute Gasteiger partial charge is 0.250 e. The van der Waals surface area contributed by atoms with E-state index in [9.17, 15) is 0 Å². The standard InChI is InChI=1S/C46H36N2P2/c1-7-19-37(20-8-1)49(38-21-9-2-10-22-38,39-23-11-3-12-24-39)43-31-33-45(47-35-43)46-34-32-44(36-48-46)50(40-25-13-4-14-26-40,41-27-15-5-16-28-41)42-29-17-6-18-30-42/h1-36H/q+2. The fraction of sp³-hybridized carbons (Fsp3) is 0. The highest BCUT2D eigenvalue weighted by molar-refractivity contribution is 8.02. The summed E-state index contributed by atoms with van der Waals surface area (Å²) in [4.78, 5) is 10.3. The lowest BCUT2D eigenvalue weighted by atomic mass is 10.2. The molecule has 238 valence electrons. The van der Waals surface area contributed by atoms with E-state index in [0.717, 1.165) is 11.4 Å². The van der Waals surface area contributed by atoms with Gasteiger partial charge in [0, 0.05) is 0 Å². The third-order valence-electron chi connectivity index (χ3n) is 9.39. The third-order valence-corrected chi connectivity index (χ3v) is 17.9. The molecule has 0 spiro atoms. The summed E-state index contributed by atoms with van der Waals surface area (Å²) < 4.78 is 0. The topological polar surface area (TPSA) is 25.8 Å². The third kappa shape index (κ3) is 5.58. The number of nitrogens with zero attached hydrogens (tertiary/aromatic N) is 2. The SMILES string of the molecule is c1ccc([P+](c2ccccc2)(c2ccccc2)c2ccc(-c3ccc([P+](c4ccccc4)(c4ccccc4)c4ccccc4)cn3)nc2)cc1. The molecule has 0 radical (unpaired) electrons. The van der Waals surface area contributed by atoms with Crippen molar-refractivity contribution < 1.29 is 0 Å². The first kappa shape index (κ1) is 31.7. The lowest BCUT2D eigenvalue weighted by molar-refractivity contribution is 1.26. The minimum Gasteiger partial charge on any atom is -0.250 e. The zero-order valence-corrected chi connectivity index (χ0v) is 29.4. The van der Waals surface area contributed by atoms with Gasteiger partial charge in [-0.05, 0) is 97.1 Å². The average molecular weight is 679 g/mol. The predicted molar refractivity (Wildman–Crippen MR) is 217 cm³/mol. The van der Waals surface area contributed by atoms with Gasteiger partial charge in [0.1, 0.15) is 57.0 Å². The van der Waals surface area contributed by atoms with E-state index < -0.39 is 14.5 Å². The molecule has 2 nitrogen and oxygen atoms in total. The summed E-state index contributed by atoms with van der Waals surface area (Å²) in [6.45, 7) is 0. The maximum absolute atomic E-state index is 5.13. The fourth-order valence-corrected chi connectivity index (χ4v) is 15.5. The van der Waals surface area contributed by atoms with Crippen molar-refractivity contribution in [2.24, 2.45) is 0 Å². The molecule has 0 amide bonds. The van der Waals surface area contributed by atoms with E-state index in [4.69, 9.17) is 9.97 Å². The Hall–Kier alpha value is -5.52. The summed E-state index contributed by atoms with van der Waals surface area (Å²) in [5, 5.41) is 10.2. The van der Waals surface area contributed by atoms with Crippen LogP contribution < -0.4 is 42.4 Å². The summed E-state index contributed by atoms with van der Waals surface area (Å²) in [5.74, 6) is 0. The van der Waals surface area contributed by atoms with Crippen molar-refractivity contribution >= 4 is 57.0 Å². The molecule has 6 aromatic carbocycles. The summed E-state index contributed by atoms with van der Waals surface area (Å²) >= 11 is 0. The Morgan fingerprint density at radius 2 is 0.440 bits per heavy atom. The number of hydrogen-bond acceptors (Lipinski definition) is 2. The second-order valence-electron chi connectivity index (χ2n) is 12.2. The molecule has 0 saturated carbocycles. The second kappa shape index (κ2) is 14.1. The first-order valence-electron chi connectivity index (χ1n) is 16.9. The zero-order chi connectivity index (χ0) is 33.6. The molecule has 8 aromatic rings. The molecule has 0 saturated heterocycles. The number of benzene rings is 6. The van der Waals surface area contributed by atoms with Crippen molar-refractivity contribution in [1.82, 2.24) is 9.97 Å². The van der Waals surface area contributed by atoms with Gasteiger partial charge in [0.05, 0.1) is 23.8 Å². The Labute approximate surface area is 295 Å². The number of aromatic nitrogens is 2. The highest BCUT2D eigenvalue weighted by atomic mass is 31.2. The van der Waals surface area contributed by atoms with Gasteiger partial charge in [-0.15, -0.1) is 0 Å². The van der Waals surface area contributed by atoms with Gasteiger partial charge >= 0.3 is 0 Å². The lowest BCUT2D eigenvalue weighted by Gasteiger charge is -2.27. The Bertz CT molecular complexity index is 1900. The molecular weight excluding hydrogens is 642 g/mol. The Morgan fingerprint density at radius 1 is 0.220 bits per heavy atom. The molecule has 4 heteroatoms.